The van der Waals surface area contributed by atoms with Gasteiger partial charge in [-0.25, -0.2) is 12.8 Å². The Bertz CT molecular complexity index is 726. The van der Waals surface area contributed by atoms with Gasteiger partial charge in [0.05, 0.1) is 10.1 Å². The highest BCUT2D eigenvalue weighted by Gasteiger charge is 2.58. The van der Waals surface area contributed by atoms with Gasteiger partial charge in [0.25, 0.3) is 0 Å². The lowest BCUT2D eigenvalue weighted by Gasteiger charge is -2.04. The third-order valence-corrected chi connectivity index (χ3v) is 6.28. The van der Waals surface area contributed by atoms with Gasteiger partial charge in [-0.2, -0.15) is 0 Å². The van der Waals surface area contributed by atoms with Crippen molar-refractivity contribution in [2.75, 3.05) is 6.61 Å². The van der Waals surface area contributed by atoms with Crippen molar-refractivity contribution in [1.82, 2.24) is 0 Å². The fourth-order valence-electron chi connectivity index (χ4n) is 2.87. The second kappa shape index (κ2) is 5.24. The molecule has 0 aliphatic heterocycles. The molecule has 21 heavy (non-hydrogen) atoms. The Labute approximate surface area is 123 Å². The van der Waals surface area contributed by atoms with E-state index < -0.39 is 15.1 Å². The van der Waals surface area contributed by atoms with E-state index in [1.54, 1.807) is 42.5 Å². The third kappa shape index (κ3) is 2.47. The van der Waals surface area contributed by atoms with Crippen LogP contribution in [-0.2, 0) is 9.84 Å². The van der Waals surface area contributed by atoms with Crippen LogP contribution in [0.15, 0.2) is 59.5 Å². The summed E-state index contributed by atoms with van der Waals surface area (Å²) in [6, 6.07) is 14.0. The SMILES string of the molecule is O=S(=O)(c1ccccc1)C1C(CO)C1c1ccc(F)cc1. The molecule has 2 aromatic carbocycles. The number of benzene rings is 2. The molecule has 0 heterocycles. The van der Waals surface area contributed by atoms with Gasteiger partial charge in [-0.3, -0.25) is 0 Å². The molecule has 3 nitrogen and oxygen atoms in total. The molecule has 110 valence electrons. The molecule has 1 N–H and O–H groups in total. The second-order valence-electron chi connectivity index (χ2n) is 5.25. The van der Waals surface area contributed by atoms with Crippen LogP contribution in [0.1, 0.15) is 11.5 Å². The summed E-state index contributed by atoms with van der Waals surface area (Å²) in [5.41, 5.74) is 0.750. The minimum absolute atomic E-state index is 0.196. The molecule has 5 heteroatoms. The van der Waals surface area contributed by atoms with E-state index in [0.717, 1.165) is 5.56 Å². The van der Waals surface area contributed by atoms with E-state index in [0.29, 0.717) is 0 Å². The first kappa shape index (κ1) is 14.2. The normalized spacial score (nSPS) is 24.8. The number of halogens is 1. The Morgan fingerprint density at radius 2 is 1.62 bits per heavy atom. The number of hydrogen-bond donors (Lipinski definition) is 1. The first-order valence-electron chi connectivity index (χ1n) is 6.71. The van der Waals surface area contributed by atoms with Crippen LogP contribution in [0, 0.1) is 11.7 Å². The highest BCUT2D eigenvalue weighted by atomic mass is 32.2. The number of hydrogen-bond acceptors (Lipinski definition) is 3. The molecule has 3 atom stereocenters. The Morgan fingerprint density at radius 1 is 1.00 bits per heavy atom. The largest absolute Gasteiger partial charge is 0.396 e. The molecule has 0 aromatic heterocycles. The highest BCUT2D eigenvalue weighted by molar-refractivity contribution is 7.92. The summed E-state index contributed by atoms with van der Waals surface area (Å²) in [4.78, 5) is 0.262. The van der Waals surface area contributed by atoms with Crippen molar-refractivity contribution in [2.45, 2.75) is 16.1 Å². The average Bonchev–Trinajstić information content (AvgIpc) is 3.24. The topological polar surface area (TPSA) is 54.4 Å². The molecule has 1 saturated carbocycles. The Hall–Kier alpha value is -1.72. The van der Waals surface area contributed by atoms with Crippen molar-refractivity contribution in [3.05, 3.63) is 66.0 Å². The second-order valence-corrected chi connectivity index (χ2v) is 7.35. The van der Waals surface area contributed by atoms with Crippen LogP contribution in [0.5, 0.6) is 0 Å². The molecular formula is C16H15FO3S. The van der Waals surface area contributed by atoms with Gasteiger partial charge in [-0.05, 0) is 29.8 Å². The first-order valence-corrected chi connectivity index (χ1v) is 8.25. The van der Waals surface area contributed by atoms with Gasteiger partial charge in [-0.1, -0.05) is 30.3 Å². The molecule has 1 aliphatic carbocycles. The van der Waals surface area contributed by atoms with Crippen molar-refractivity contribution in [2.24, 2.45) is 5.92 Å². The van der Waals surface area contributed by atoms with Gasteiger partial charge >= 0.3 is 0 Å². The summed E-state index contributed by atoms with van der Waals surface area (Å²) in [6.45, 7) is -0.196. The van der Waals surface area contributed by atoms with Crippen LogP contribution in [0.2, 0.25) is 0 Å². The van der Waals surface area contributed by atoms with E-state index in [2.05, 4.69) is 0 Å². The van der Waals surface area contributed by atoms with E-state index in [4.69, 9.17) is 0 Å². The fraction of sp³-hybridized carbons (Fsp3) is 0.250. The predicted molar refractivity (Wildman–Crippen MR) is 77.1 cm³/mol. The molecule has 0 amide bonds. The first-order chi connectivity index (χ1) is 10.1. The monoisotopic (exact) mass is 306 g/mol. The van der Waals surface area contributed by atoms with Crippen molar-refractivity contribution in [3.8, 4) is 0 Å². The zero-order chi connectivity index (χ0) is 15.0. The summed E-state index contributed by atoms with van der Waals surface area (Å²) < 4.78 is 38.2. The standard InChI is InChI=1S/C16H15FO3S/c17-12-8-6-11(7-9-12)15-14(10-18)16(15)21(19,20)13-4-2-1-3-5-13/h1-9,14-16,18H,10H2. The maximum Gasteiger partial charge on any atom is 0.182 e. The highest BCUT2D eigenvalue weighted by Crippen LogP contribution is 2.53. The fourth-order valence-corrected chi connectivity index (χ4v) is 5.09. The minimum atomic E-state index is -3.49. The number of aliphatic hydroxyl groups is 1. The quantitative estimate of drug-likeness (QED) is 0.943. The van der Waals surface area contributed by atoms with Crippen LogP contribution in [0.4, 0.5) is 4.39 Å². The number of aliphatic hydroxyl groups excluding tert-OH is 1. The van der Waals surface area contributed by atoms with E-state index in [9.17, 15) is 17.9 Å². The summed E-state index contributed by atoms with van der Waals surface area (Å²) >= 11 is 0. The van der Waals surface area contributed by atoms with E-state index in [1.165, 1.54) is 12.1 Å². The number of sulfone groups is 1. The smallest absolute Gasteiger partial charge is 0.182 e. The molecule has 0 bridgehead atoms. The average molecular weight is 306 g/mol. The predicted octanol–water partition coefficient (Wildman–Crippen LogP) is 2.37. The molecule has 1 fully saturated rings. The van der Waals surface area contributed by atoms with Crippen molar-refractivity contribution in [1.29, 1.82) is 0 Å². The minimum Gasteiger partial charge on any atom is -0.396 e. The Morgan fingerprint density at radius 3 is 2.19 bits per heavy atom. The molecule has 0 saturated heterocycles. The lowest BCUT2D eigenvalue weighted by atomic mass is 10.1. The zero-order valence-electron chi connectivity index (χ0n) is 11.2. The van der Waals surface area contributed by atoms with Crippen LogP contribution < -0.4 is 0 Å². The van der Waals surface area contributed by atoms with E-state index in [-0.39, 0.29) is 29.2 Å². The summed E-state index contributed by atoms with van der Waals surface area (Å²) in [5, 5.41) is 8.79. The Kier molecular flexibility index (Phi) is 3.55. The van der Waals surface area contributed by atoms with Gasteiger partial charge in [0.15, 0.2) is 9.84 Å². The molecule has 1 aliphatic rings. The number of rotatable bonds is 4. The van der Waals surface area contributed by atoms with Gasteiger partial charge in [0, 0.05) is 18.4 Å². The maximum absolute atomic E-state index is 13.0. The summed E-state index contributed by atoms with van der Waals surface area (Å²) in [6.07, 6.45) is 0. The van der Waals surface area contributed by atoms with Crippen LogP contribution in [0.3, 0.4) is 0 Å². The molecule has 0 radical (unpaired) electrons. The van der Waals surface area contributed by atoms with Crippen molar-refractivity contribution >= 4 is 9.84 Å². The molecule has 3 rings (SSSR count). The molecule has 3 unspecified atom stereocenters. The van der Waals surface area contributed by atoms with Gasteiger partial charge < -0.3 is 5.11 Å². The lowest BCUT2D eigenvalue weighted by Crippen LogP contribution is -2.11. The van der Waals surface area contributed by atoms with Gasteiger partial charge in [0.1, 0.15) is 5.82 Å². The van der Waals surface area contributed by atoms with Crippen molar-refractivity contribution < 1.29 is 17.9 Å². The summed E-state index contributed by atoms with van der Waals surface area (Å²) in [7, 11) is -3.49. The zero-order valence-corrected chi connectivity index (χ0v) is 12.0. The maximum atomic E-state index is 13.0. The molecule has 0 spiro atoms. The molecular weight excluding hydrogens is 291 g/mol. The lowest BCUT2D eigenvalue weighted by molar-refractivity contribution is 0.274. The van der Waals surface area contributed by atoms with Crippen LogP contribution in [0.25, 0.3) is 0 Å². The van der Waals surface area contributed by atoms with Gasteiger partial charge in [0.2, 0.25) is 0 Å². The third-order valence-electron chi connectivity index (χ3n) is 3.99. The molecule has 2 aromatic rings. The Balaban J connectivity index is 1.94. The van der Waals surface area contributed by atoms with E-state index >= 15 is 0 Å². The van der Waals surface area contributed by atoms with Crippen molar-refractivity contribution in [3.63, 3.8) is 0 Å². The van der Waals surface area contributed by atoms with Crippen LogP contribution in [-0.4, -0.2) is 25.4 Å². The van der Waals surface area contributed by atoms with Gasteiger partial charge in [-0.15, -0.1) is 0 Å². The van der Waals surface area contributed by atoms with E-state index in [1.807, 2.05) is 0 Å². The summed E-state index contributed by atoms with van der Waals surface area (Å²) in [5.74, 6) is -0.969. The van der Waals surface area contributed by atoms with Crippen LogP contribution >= 0.6 is 0 Å².